The lowest BCUT2D eigenvalue weighted by Gasteiger charge is -2.25. The molecule has 1 N–H and O–H groups in total. The smallest absolute Gasteiger partial charge is 0.255 e. The second-order valence-electron chi connectivity index (χ2n) is 7.90. The zero-order chi connectivity index (χ0) is 22.6. The molecule has 3 aromatic rings. The Morgan fingerprint density at radius 2 is 1.69 bits per heavy atom. The van der Waals surface area contributed by atoms with Crippen molar-refractivity contribution in [1.29, 1.82) is 0 Å². The summed E-state index contributed by atoms with van der Waals surface area (Å²) in [6.07, 6.45) is 5.15. The van der Waals surface area contributed by atoms with Crippen molar-refractivity contribution < 1.29 is 13.2 Å². The number of hydrogen-bond donors (Lipinski definition) is 1. The predicted octanol–water partition coefficient (Wildman–Crippen LogP) is 3.54. The minimum absolute atomic E-state index is 0.200. The Morgan fingerprint density at radius 3 is 2.34 bits per heavy atom. The maximum atomic E-state index is 12.8. The molecular weight excluding hydrogens is 424 g/mol. The Bertz CT molecular complexity index is 1170. The molecule has 1 aliphatic rings. The summed E-state index contributed by atoms with van der Waals surface area (Å²) < 4.78 is 28.9. The predicted molar refractivity (Wildman–Crippen MR) is 123 cm³/mol. The monoisotopic (exact) mass is 452 g/mol. The van der Waals surface area contributed by atoms with E-state index < -0.39 is 10.0 Å². The highest BCUT2D eigenvalue weighted by atomic mass is 32.2. The molecule has 0 atom stereocenters. The number of piperidine rings is 1. The van der Waals surface area contributed by atoms with E-state index >= 15 is 0 Å². The Hall–Kier alpha value is -2.97. The Balaban J connectivity index is 1.43. The molecule has 0 unspecified atom stereocenters. The van der Waals surface area contributed by atoms with Gasteiger partial charge in [-0.15, -0.1) is 0 Å². The third-order valence-corrected chi connectivity index (χ3v) is 7.69. The van der Waals surface area contributed by atoms with Crippen LogP contribution in [0.2, 0.25) is 0 Å². The quantitative estimate of drug-likeness (QED) is 0.594. The second kappa shape index (κ2) is 9.67. The standard InChI is InChI=1S/C24H28N4O3S/c1-2-23-22(18-26-28(23)20-9-5-3-6-10-20)24(29)25-17-19-11-13-21(14-12-19)32(30,31)27-15-7-4-8-16-27/h3,5-6,9-14,18H,2,4,7-8,15-17H2,1H3,(H,25,29). The number of para-hydroxylation sites is 1. The van der Waals surface area contributed by atoms with Crippen molar-refractivity contribution in [2.24, 2.45) is 0 Å². The van der Waals surface area contributed by atoms with Crippen LogP contribution in [0.1, 0.15) is 47.8 Å². The van der Waals surface area contributed by atoms with Crippen LogP contribution in [-0.4, -0.2) is 41.5 Å². The minimum Gasteiger partial charge on any atom is -0.348 e. The van der Waals surface area contributed by atoms with Gasteiger partial charge in [-0.05, 0) is 49.1 Å². The maximum absolute atomic E-state index is 12.8. The molecule has 1 fully saturated rings. The zero-order valence-electron chi connectivity index (χ0n) is 18.2. The lowest BCUT2D eigenvalue weighted by atomic mass is 10.1. The fourth-order valence-electron chi connectivity index (χ4n) is 4.01. The molecule has 1 saturated heterocycles. The van der Waals surface area contributed by atoms with E-state index in [-0.39, 0.29) is 5.91 Å². The van der Waals surface area contributed by atoms with Gasteiger partial charge in [0.2, 0.25) is 10.0 Å². The van der Waals surface area contributed by atoms with Gasteiger partial charge in [0.15, 0.2) is 0 Å². The number of rotatable bonds is 7. The van der Waals surface area contributed by atoms with E-state index in [2.05, 4.69) is 10.4 Å². The van der Waals surface area contributed by atoms with E-state index in [4.69, 9.17) is 0 Å². The van der Waals surface area contributed by atoms with Crippen LogP contribution in [0.5, 0.6) is 0 Å². The van der Waals surface area contributed by atoms with Gasteiger partial charge in [-0.1, -0.05) is 43.7 Å². The van der Waals surface area contributed by atoms with Gasteiger partial charge in [-0.2, -0.15) is 9.40 Å². The highest BCUT2D eigenvalue weighted by molar-refractivity contribution is 7.89. The summed E-state index contributed by atoms with van der Waals surface area (Å²) in [4.78, 5) is 13.1. The normalized spacial score (nSPS) is 14.9. The van der Waals surface area contributed by atoms with E-state index in [1.54, 1.807) is 39.4 Å². The van der Waals surface area contributed by atoms with Crippen LogP contribution in [-0.2, 0) is 23.0 Å². The highest BCUT2D eigenvalue weighted by Crippen LogP contribution is 2.21. The molecule has 1 amide bonds. The first kappa shape index (κ1) is 22.2. The summed E-state index contributed by atoms with van der Waals surface area (Å²) in [5, 5.41) is 7.32. The van der Waals surface area contributed by atoms with Gasteiger partial charge < -0.3 is 5.32 Å². The molecule has 0 aliphatic carbocycles. The summed E-state index contributed by atoms with van der Waals surface area (Å²) in [6.45, 7) is 3.46. The number of carbonyl (C=O) groups excluding carboxylic acids is 1. The van der Waals surface area contributed by atoms with Crippen LogP contribution in [0.3, 0.4) is 0 Å². The number of aromatic nitrogens is 2. The average molecular weight is 453 g/mol. The van der Waals surface area contributed by atoms with Crippen molar-refractivity contribution in [3.8, 4) is 5.69 Å². The van der Waals surface area contributed by atoms with Gasteiger partial charge in [0.05, 0.1) is 28.0 Å². The molecule has 1 aliphatic heterocycles. The number of hydrogen-bond acceptors (Lipinski definition) is 4. The summed E-state index contributed by atoms with van der Waals surface area (Å²) in [7, 11) is -3.45. The van der Waals surface area contributed by atoms with Gasteiger partial charge in [0.1, 0.15) is 0 Å². The third-order valence-electron chi connectivity index (χ3n) is 5.78. The number of nitrogens with zero attached hydrogens (tertiary/aromatic N) is 3. The summed E-state index contributed by atoms with van der Waals surface area (Å²) in [5.74, 6) is -0.200. The van der Waals surface area contributed by atoms with E-state index in [9.17, 15) is 13.2 Å². The first-order valence-corrected chi connectivity index (χ1v) is 12.4. The number of carbonyl (C=O) groups is 1. The lowest BCUT2D eigenvalue weighted by Crippen LogP contribution is -2.35. The van der Waals surface area contributed by atoms with E-state index in [1.807, 2.05) is 37.3 Å². The Morgan fingerprint density at radius 1 is 1.00 bits per heavy atom. The largest absolute Gasteiger partial charge is 0.348 e. The first-order chi connectivity index (χ1) is 15.5. The van der Waals surface area contributed by atoms with Crippen LogP contribution in [0, 0.1) is 0 Å². The molecule has 0 saturated carbocycles. The summed E-state index contributed by atoms with van der Waals surface area (Å²) >= 11 is 0. The van der Waals surface area contributed by atoms with Crippen LogP contribution >= 0.6 is 0 Å². The molecule has 1 aromatic heterocycles. The van der Waals surface area contributed by atoms with Crippen molar-refractivity contribution in [3.63, 3.8) is 0 Å². The van der Waals surface area contributed by atoms with Crippen molar-refractivity contribution in [1.82, 2.24) is 19.4 Å². The zero-order valence-corrected chi connectivity index (χ0v) is 19.0. The van der Waals surface area contributed by atoms with E-state index in [1.165, 1.54) is 0 Å². The van der Waals surface area contributed by atoms with Gasteiger partial charge in [-0.25, -0.2) is 13.1 Å². The lowest BCUT2D eigenvalue weighted by molar-refractivity contribution is 0.0950. The molecule has 32 heavy (non-hydrogen) atoms. The van der Waals surface area contributed by atoms with Crippen LogP contribution in [0.15, 0.2) is 65.7 Å². The first-order valence-electron chi connectivity index (χ1n) is 11.0. The van der Waals surface area contributed by atoms with Gasteiger partial charge in [0, 0.05) is 19.6 Å². The SMILES string of the molecule is CCc1c(C(=O)NCc2ccc(S(=O)(=O)N3CCCCC3)cc2)cnn1-c1ccccc1. The molecule has 8 heteroatoms. The molecule has 4 rings (SSSR count). The molecule has 168 valence electrons. The fraction of sp³-hybridized carbons (Fsp3) is 0.333. The topological polar surface area (TPSA) is 84.3 Å². The average Bonchev–Trinajstić information content (AvgIpc) is 3.28. The molecule has 2 heterocycles. The minimum atomic E-state index is -3.45. The molecule has 2 aromatic carbocycles. The van der Waals surface area contributed by atoms with Crippen LogP contribution < -0.4 is 5.32 Å². The van der Waals surface area contributed by atoms with Crippen molar-refractivity contribution in [3.05, 3.63) is 77.6 Å². The molecule has 0 spiro atoms. The number of sulfonamides is 1. The second-order valence-corrected chi connectivity index (χ2v) is 9.84. The number of amides is 1. The van der Waals surface area contributed by atoms with Crippen LogP contribution in [0.4, 0.5) is 0 Å². The third kappa shape index (κ3) is 4.61. The van der Waals surface area contributed by atoms with Gasteiger partial charge >= 0.3 is 0 Å². The van der Waals surface area contributed by atoms with Crippen molar-refractivity contribution in [2.75, 3.05) is 13.1 Å². The van der Waals surface area contributed by atoms with Gasteiger partial charge in [0.25, 0.3) is 5.91 Å². The maximum Gasteiger partial charge on any atom is 0.255 e. The summed E-state index contributed by atoms with van der Waals surface area (Å²) in [5.41, 5.74) is 3.13. The highest BCUT2D eigenvalue weighted by Gasteiger charge is 2.25. The number of nitrogens with one attached hydrogen (secondary N) is 1. The molecule has 0 radical (unpaired) electrons. The van der Waals surface area contributed by atoms with Gasteiger partial charge in [-0.3, -0.25) is 4.79 Å². The van der Waals surface area contributed by atoms with Crippen molar-refractivity contribution in [2.45, 2.75) is 44.0 Å². The van der Waals surface area contributed by atoms with Crippen molar-refractivity contribution >= 4 is 15.9 Å². The van der Waals surface area contributed by atoms with Crippen LogP contribution in [0.25, 0.3) is 5.69 Å². The summed E-state index contributed by atoms with van der Waals surface area (Å²) in [6, 6.07) is 16.5. The molecule has 7 nitrogen and oxygen atoms in total. The molecule has 0 bridgehead atoms. The van der Waals surface area contributed by atoms with E-state index in [0.717, 1.165) is 36.2 Å². The Kier molecular flexibility index (Phi) is 6.72. The fourth-order valence-corrected chi connectivity index (χ4v) is 5.52. The Labute approximate surface area is 189 Å². The number of benzene rings is 2. The molecular formula is C24H28N4O3S. The van der Waals surface area contributed by atoms with E-state index in [0.29, 0.717) is 36.5 Å².